The Balaban J connectivity index is 2.31. The van der Waals surface area contributed by atoms with E-state index in [1.54, 1.807) is 0 Å². The van der Waals surface area contributed by atoms with E-state index in [9.17, 15) is 0 Å². The first-order valence-corrected chi connectivity index (χ1v) is 7.82. The second-order valence-electron chi connectivity index (χ2n) is 7.06. The van der Waals surface area contributed by atoms with Gasteiger partial charge in [-0.3, -0.25) is 0 Å². The summed E-state index contributed by atoms with van der Waals surface area (Å²) < 4.78 is 11.5. The van der Waals surface area contributed by atoms with Crippen molar-refractivity contribution < 1.29 is 9.47 Å². The third-order valence-corrected chi connectivity index (χ3v) is 3.44. The number of nitrogens with one attached hydrogen (secondary N) is 1. The Morgan fingerprint density at radius 1 is 0.952 bits per heavy atom. The minimum Gasteiger partial charge on any atom is -0.491 e. The fourth-order valence-electron chi connectivity index (χ4n) is 1.65. The lowest BCUT2D eigenvalue weighted by Crippen LogP contribution is -2.35. The maximum Gasteiger partial charge on any atom is 0.119 e. The number of benzene rings is 1. The largest absolute Gasteiger partial charge is 0.491 e. The quantitative estimate of drug-likeness (QED) is 0.730. The molecular weight excluding hydrogens is 262 g/mol. The minimum atomic E-state index is -0.0636. The van der Waals surface area contributed by atoms with Crippen molar-refractivity contribution in [3.63, 3.8) is 0 Å². The van der Waals surface area contributed by atoms with Crippen LogP contribution in [0.15, 0.2) is 24.3 Å². The monoisotopic (exact) mass is 293 g/mol. The second kappa shape index (κ2) is 7.81. The summed E-state index contributed by atoms with van der Waals surface area (Å²) in [6, 6.07) is 8.24. The zero-order valence-corrected chi connectivity index (χ0v) is 14.5. The Labute approximate surface area is 130 Å². The SMILES string of the molecule is CCC(C)(C)OCCOc1ccc(CNC(C)(C)C)cc1. The van der Waals surface area contributed by atoms with Crippen LogP contribution in [0.25, 0.3) is 0 Å². The van der Waals surface area contributed by atoms with Gasteiger partial charge in [0.05, 0.1) is 12.2 Å². The molecule has 0 aliphatic carbocycles. The molecule has 120 valence electrons. The molecule has 0 heterocycles. The van der Waals surface area contributed by atoms with Crippen molar-refractivity contribution in [1.82, 2.24) is 5.32 Å². The zero-order valence-electron chi connectivity index (χ0n) is 14.5. The van der Waals surface area contributed by atoms with Crippen molar-refractivity contribution in [2.24, 2.45) is 0 Å². The van der Waals surface area contributed by atoms with E-state index in [4.69, 9.17) is 9.47 Å². The highest BCUT2D eigenvalue weighted by Crippen LogP contribution is 2.15. The average Bonchev–Trinajstić information content (AvgIpc) is 2.42. The molecule has 0 unspecified atom stereocenters. The van der Waals surface area contributed by atoms with Crippen LogP contribution in [0.3, 0.4) is 0 Å². The van der Waals surface area contributed by atoms with Gasteiger partial charge >= 0.3 is 0 Å². The van der Waals surface area contributed by atoms with E-state index in [0.717, 1.165) is 18.7 Å². The molecule has 1 rings (SSSR count). The van der Waals surface area contributed by atoms with Gasteiger partial charge in [0.2, 0.25) is 0 Å². The standard InChI is InChI=1S/C18H31NO2/c1-7-18(5,6)21-13-12-20-16-10-8-15(9-11-16)14-19-17(2,3)4/h8-11,19H,7,12-14H2,1-6H3. The Morgan fingerprint density at radius 2 is 1.57 bits per heavy atom. The summed E-state index contributed by atoms with van der Waals surface area (Å²) in [4.78, 5) is 0. The Kier molecular flexibility index (Phi) is 6.69. The van der Waals surface area contributed by atoms with Crippen LogP contribution in [-0.2, 0) is 11.3 Å². The maximum atomic E-state index is 5.77. The number of hydrogen-bond acceptors (Lipinski definition) is 3. The van der Waals surface area contributed by atoms with Crippen LogP contribution in [0.5, 0.6) is 5.75 Å². The van der Waals surface area contributed by atoms with Gasteiger partial charge in [0.25, 0.3) is 0 Å². The third kappa shape index (κ3) is 8.08. The van der Waals surface area contributed by atoms with Crippen molar-refractivity contribution >= 4 is 0 Å². The fourth-order valence-corrected chi connectivity index (χ4v) is 1.65. The van der Waals surface area contributed by atoms with Gasteiger partial charge in [0, 0.05) is 12.1 Å². The molecule has 1 N–H and O–H groups in total. The first-order chi connectivity index (χ1) is 9.72. The molecule has 1 aromatic carbocycles. The summed E-state index contributed by atoms with van der Waals surface area (Å²) >= 11 is 0. The molecule has 0 fully saturated rings. The van der Waals surface area contributed by atoms with Gasteiger partial charge < -0.3 is 14.8 Å². The molecule has 21 heavy (non-hydrogen) atoms. The molecule has 0 saturated heterocycles. The van der Waals surface area contributed by atoms with Crippen LogP contribution in [-0.4, -0.2) is 24.4 Å². The first-order valence-electron chi connectivity index (χ1n) is 7.82. The maximum absolute atomic E-state index is 5.77. The highest BCUT2D eigenvalue weighted by molar-refractivity contribution is 5.27. The predicted molar refractivity (Wildman–Crippen MR) is 88.9 cm³/mol. The minimum absolute atomic E-state index is 0.0636. The van der Waals surface area contributed by atoms with E-state index >= 15 is 0 Å². The molecule has 1 aromatic rings. The lowest BCUT2D eigenvalue weighted by Gasteiger charge is -2.23. The lowest BCUT2D eigenvalue weighted by atomic mass is 10.1. The number of hydrogen-bond donors (Lipinski definition) is 1. The van der Waals surface area contributed by atoms with E-state index in [1.165, 1.54) is 5.56 Å². The van der Waals surface area contributed by atoms with Gasteiger partial charge in [-0.1, -0.05) is 19.1 Å². The van der Waals surface area contributed by atoms with Gasteiger partial charge in [-0.2, -0.15) is 0 Å². The molecule has 0 aliphatic rings. The summed E-state index contributed by atoms with van der Waals surface area (Å²) in [5, 5.41) is 3.47. The summed E-state index contributed by atoms with van der Waals surface area (Å²) in [6.07, 6.45) is 1.00. The van der Waals surface area contributed by atoms with Gasteiger partial charge in [0.15, 0.2) is 0 Å². The highest BCUT2D eigenvalue weighted by atomic mass is 16.5. The van der Waals surface area contributed by atoms with Gasteiger partial charge in [-0.15, -0.1) is 0 Å². The molecule has 0 aliphatic heterocycles. The van der Waals surface area contributed by atoms with Crippen LogP contribution in [0, 0.1) is 0 Å². The van der Waals surface area contributed by atoms with Gasteiger partial charge in [-0.05, 0) is 58.7 Å². The second-order valence-corrected chi connectivity index (χ2v) is 7.06. The average molecular weight is 293 g/mol. The van der Waals surface area contributed by atoms with Crippen molar-refractivity contribution in [2.45, 2.75) is 65.6 Å². The van der Waals surface area contributed by atoms with E-state index in [1.807, 2.05) is 12.1 Å². The van der Waals surface area contributed by atoms with Crippen molar-refractivity contribution in [1.29, 1.82) is 0 Å². The van der Waals surface area contributed by atoms with Crippen molar-refractivity contribution in [3.8, 4) is 5.75 Å². The van der Waals surface area contributed by atoms with Crippen molar-refractivity contribution in [2.75, 3.05) is 13.2 Å². The van der Waals surface area contributed by atoms with Gasteiger partial charge in [0.1, 0.15) is 12.4 Å². The van der Waals surface area contributed by atoms with E-state index in [2.05, 4.69) is 59.0 Å². The molecule has 0 aromatic heterocycles. The number of rotatable bonds is 8. The highest BCUT2D eigenvalue weighted by Gasteiger charge is 2.14. The first kappa shape index (κ1) is 18.0. The Hall–Kier alpha value is -1.06. The van der Waals surface area contributed by atoms with Crippen LogP contribution in [0.2, 0.25) is 0 Å². The molecule has 0 saturated carbocycles. The Bertz CT molecular complexity index is 404. The Morgan fingerprint density at radius 3 is 2.10 bits per heavy atom. The number of ether oxygens (including phenoxy) is 2. The normalized spacial score (nSPS) is 12.5. The van der Waals surface area contributed by atoms with E-state index < -0.39 is 0 Å². The molecule has 0 radical (unpaired) electrons. The van der Waals surface area contributed by atoms with Crippen LogP contribution in [0.4, 0.5) is 0 Å². The predicted octanol–water partition coefficient (Wildman–Crippen LogP) is 4.16. The molecular formula is C18H31NO2. The summed E-state index contributed by atoms with van der Waals surface area (Å²) in [6.45, 7) is 14.9. The summed E-state index contributed by atoms with van der Waals surface area (Å²) in [7, 11) is 0. The summed E-state index contributed by atoms with van der Waals surface area (Å²) in [5.74, 6) is 0.896. The molecule has 0 spiro atoms. The zero-order chi connectivity index (χ0) is 15.9. The van der Waals surface area contributed by atoms with E-state index in [0.29, 0.717) is 13.2 Å². The third-order valence-electron chi connectivity index (χ3n) is 3.44. The summed E-state index contributed by atoms with van der Waals surface area (Å²) in [5.41, 5.74) is 1.34. The van der Waals surface area contributed by atoms with E-state index in [-0.39, 0.29) is 11.1 Å². The topological polar surface area (TPSA) is 30.5 Å². The van der Waals surface area contributed by atoms with Crippen LogP contribution in [0.1, 0.15) is 53.5 Å². The van der Waals surface area contributed by atoms with Crippen molar-refractivity contribution in [3.05, 3.63) is 29.8 Å². The molecule has 0 bridgehead atoms. The smallest absolute Gasteiger partial charge is 0.119 e. The molecule has 0 amide bonds. The van der Waals surface area contributed by atoms with Crippen LogP contribution >= 0.6 is 0 Å². The lowest BCUT2D eigenvalue weighted by molar-refractivity contribution is -0.0317. The van der Waals surface area contributed by atoms with Gasteiger partial charge in [-0.25, -0.2) is 0 Å². The molecule has 3 heteroatoms. The molecule has 3 nitrogen and oxygen atoms in total. The van der Waals surface area contributed by atoms with Crippen LogP contribution < -0.4 is 10.1 Å². The fraction of sp³-hybridized carbons (Fsp3) is 0.667. The molecule has 0 atom stereocenters.